The summed E-state index contributed by atoms with van der Waals surface area (Å²) in [5.74, 6) is 0. The van der Waals surface area contributed by atoms with Crippen LogP contribution >= 0.6 is 0 Å². The average molecular weight is 121 g/mol. The first-order chi connectivity index (χ1) is 3.68. The van der Waals surface area contributed by atoms with Gasteiger partial charge < -0.3 is 20.7 Å². The molecule has 0 aliphatic carbocycles. The Morgan fingerprint density at radius 3 is 2.38 bits per heavy atom. The van der Waals surface area contributed by atoms with E-state index in [0.717, 1.165) is 0 Å². The molecule has 0 radical (unpaired) electrons. The number of aliphatic hydroxyl groups excluding tert-OH is 2. The number of hydrogen-bond acceptors (Lipinski definition) is 4. The maximum atomic E-state index is 8.49. The molecule has 4 N–H and O–H groups in total. The van der Waals surface area contributed by atoms with Crippen molar-refractivity contribution in [2.24, 2.45) is 5.73 Å². The summed E-state index contributed by atoms with van der Waals surface area (Å²) in [6.07, 6.45) is -1.51. The van der Waals surface area contributed by atoms with Gasteiger partial charge in [-0.2, -0.15) is 0 Å². The molecule has 0 heterocycles. The van der Waals surface area contributed by atoms with Crippen molar-refractivity contribution in [2.75, 3.05) is 6.79 Å². The summed E-state index contributed by atoms with van der Waals surface area (Å²) in [5, 5.41) is 16.6. The molecule has 4 nitrogen and oxygen atoms in total. The van der Waals surface area contributed by atoms with Crippen molar-refractivity contribution in [3.05, 3.63) is 0 Å². The first-order valence-corrected chi connectivity index (χ1v) is 2.34. The van der Waals surface area contributed by atoms with E-state index < -0.39 is 19.1 Å². The topological polar surface area (TPSA) is 75.7 Å². The van der Waals surface area contributed by atoms with E-state index in [9.17, 15) is 0 Å². The molecule has 0 aromatic heterocycles. The van der Waals surface area contributed by atoms with E-state index in [2.05, 4.69) is 4.74 Å². The van der Waals surface area contributed by atoms with Gasteiger partial charge in [-0.15, -0.1) is 0 Å². The molecule has 0 amide bonds. The molecule has 50 valence electrons. The smallest absolute Gasteiger partial charge is 0.144 e. The Labute approximate surface area is 47.9 Å². The quantitative estimate of drug-likeness (QED) is 0.402. The van der Waals surface area contributed by atoms with Crippen LogP contribution in [0.25, 0.3) is 0 Å². The zero-order valence-electron chi connectivity index (χ0n) is 4.74. The van der Waals surface area contributed by atoms with E-state index in [0.29, 0.717) is 0 Å². The minimum absolute atomic E-state index is 0.407. The molecule has 2 atom stereocenters. The molecule has 4 heteroatoms. The van der Waals surface area contributed by atoms with Gasteiger partial charge in [-0.3, -0.25) is 0 Å². The van der Waals surface area contributed by atoms with E-state index >= 15 is 0 Å². The van der Waals surface area contributed by atoms with Crippen LogP contribution in [-0.4, -0.2) is 29.3 Å². The summed E-state index contributed by atoms with van der Waals surface area (Å²) in [4.78, 5) is 0. The lowest BCUT2D eigenvalue weighted by molar-refractivity contribution is -0.0880. The number of nitrogens with two attached hydrogens (primary N) is 1. The van der Waals surface area contributed by atoms with Crippen LogP contribution in [-0.2, 0) is 4.74 Å². The van der Waals surface area contributed by atoms with Gasteiger partial charge in [-0.1, -0.05) is 0 Å². The SMILES string of the molecule is CC(OCO)C(N)O. The summed E-state index contributed by atoms with van der Waals surface area (Å²) in [7, 11) is 0. The number of ether oxygens (including phenoxy) is 1. The largest absolute Gasteiger partial charge is 0.376 e. The molecule has 0 bridgehead atoms. The molecule has 0 fully saturated rings. The second-order valence-electron chi connectivity index (χ2n) is 1.49. The zero-order valence-corrected chi connectivity index (χ0v) is 4.74. The molecular formula is C4H11NO3. The third-order valence-corrected chi connectivity index (χ3v) is 0.818. The summed E-state index contributed by atoms with van der Waals surface area (Å²) >= 11 is 0. The fourth-order valence-electron chi connectivity index (χ4n) is 0.216. The maximum absolute atomic E-state index is 8.49. The van der Waals surface area contributed by atoms with Crippen molar-refractivity contribution < 1.29 is 14.9 Å². The maximum Gasteiger partial charge on any atom is 0.144 e. The highest BCUT2D eigenvalue weighted by molar-refractivity contribution is 4.52. The Morgan fingerprint density at radius 1 is 1.75 bits per heavy atom. The van der Waals surface area contributed by atoms with Crippen molar-refractivity contribution >= 4 is 0 Å². The number of rotatable bonds is 3. The standard InChI is InChI=1S/C4H11NO3/c1-3(4(5)7)8-2-6/h3-4,6-7H,2,5H2,1H3. The monoisotopic (exact) mass is 121 g/mol. The third kappa shape index (κ3) is 2.92. The Kier molecular flexibility index (Phi) is 3.72. The molecule has 0 spiro atoms. The molecule has 0 saturated carbocycles. The van der Waals surface area contributed by atoms with Crippen LogP contribution in [0.5, 0.6) is 0 Å². The van der Waals surface area contributed by atoms with Crippen LogP contribution in [0.15, 0.2) is 0 Å². The Morgan fingerprint density at radius 2 is 2.25 bits per heavy atom. The fraction of sp³-hybridized carbons (Fsp3) is 1.00. The minimum atomic E-state index is -1.01. The number of aliphatic hydroxyl groups is 2. The summed E-state index contributed by atoms with van der Waals surface area (Å²) in [5.41, 5.74) is 4.94. The molecule has 0 rings (SSSR count). The first-order valence-electron chi connectivity index (χ1n) is 2.34. The lowest BCUT2D eigenvalue weighted by Crippen LogP contribution is -2.34. The molecule has 0 saturated heterocycles. The van der Waals surface area contributed by atoms with Crippen molar-refractivity contribution in [2.45, 2.75) is 19.3 Å². The van der Waals surface area contributed by atoms with Crippen molar-refractivity contribution in [3.63, 3.8) is 0 Å². The van der Waals surface area contributed by atoms with Crippen LogP contribution in [0, 0.1) is 0 Å². The summed E-state index contributed by atoms with van der Waals surface area (Å²) < 4.78 is 4.48. The fourth-order valence-corrected chi connectivity index (χ4v) is 0.216. The van der Waals surface area contributed by atoms with Crippen LogP contribution in [0.3, 0.4) is 0 Å². The normalized spacial score (nSPS) is 18.0. The van der Waals surface area contributed by atoms with E-state index in [1.807, 2.05) is 0 Å². The predicted octanol–water partition coefficient (Wildman–Crippen LogP) is -1.38. The van der Waals surface area contributed by atoms with Gasteiger partial charge in [-0.25, -0.2) is 0 Å². The number of hydrogen-bond donors (Lipinski definition) is 3. The molecule has 0 aromatic carbocycles. The van der Waals surface area contributed by atoms with Gasteiger partial charge in [0.15, 0.2) is 0 Å². The van der Waals surface area contributed by atoms with Gasteiger partial charge in [0.2, 0.25) is 0 Å². The van der Waals surface area contributed by atoms with Crippen LogP contribution in [0.4, 0.5) is 0 Å². The molecule has 0 aliphatic rings. The predicted molar refractivity (Wildman–Crippen MR) is 27.8 cm³/mol. The average Bonchev–Trinajstić information content (AvgIpc) is 1.67. The molecule has 0 aromatic rings. The van der Waals surface area contributed by atoms with Crippen molar-refractivity contribution in [1.82, 2.24) is 0 Å². The lowest BCUT2D eigenvalue weighted by atomic mass is 10.4. The zero-order chi connectivity index (χ0) is 6.57. The molecular weight excluding hydrogens is 110 g/mol. The van der Waals surface area contributed by atoms with Gasteiger partial charge in [0.25, 0.3) is 0 Å². The third-order valence-electron chi connectivity index (χ3n) is 0.818. The Hall–Kier alpha value is -0.160. The Balaban J connectivity index is 3.17. The summed E-state index contributed by atoms with van der Waals surface area (Å²) in [6.45, 7) is 1.16. The van der Waals surface area contributed by atoms with Gasteiger partial charge in [-0.05, 0) is 6.92 Å². The van der Waals surface area contributed by atoms with E-state index in [1.165, 1.54) is 0 Å². The highest BCUT2D eigenvalue weighted by Crippen LogP contribution is 1.89. The second-order valence-corrected chi connectivity index (χ2v) is 1.49. The minimum Gasteiger partial charge on any atom is -0.376 e. The molecule has 8 heavy (non-hydrogen) atoms. The van der Waals surface area contributed by atoms with Gasteiger partial charge in [0.05, 0.1) is 6.10 Å². The molecule has 0 aliphatic heterocycles. The highest BCUT2D eigenvalue weighted by atomic mass is 16.6. The van der Waals surface area contributed by atoms with Crippen LogP contribution in [0.1, 0.15) is 6.92 Å². The first kappa shape index (κ1) is 7.84. The lowest BCUT2D eigenvalue weighted by Gasteiger charge is -2.12. The summed E-state index contributed by atoms with van der Waals surface area (Å²) in [6, 6.07) is 0. The van der Waals surface area contributed by atoms with Gasteiger partial charge in [0, 0.05) is 0 Å². The second kappa shape index (κ2) is 3.80. The van der Waals surface area contributed by atoms with Gasteiger partial charge >= 0.3 is 0 Å². The van der Waals surface area contributed by atoms with Crippen LogP contribution < -0.4 is 5.73 Å². The van der Waals surface area contributed by atoms with Crippen LogP contribution in [0.2, 0.25) is 0 Å². The highest BCUT2D eigenvalue weighted by Gasteiger charge is 2.06. The Bertz CT molecular complexity index is 57.2. The van der Waals surface area contributed by atoms with E-state index in [-0.39, 0.29) is 0 Å². The van der Waals surface area contributed by atoms with E-state index in [1.54, 1.807) is 6.92 Å². The van der Waals surface area contributed by atoms with Crippen molar-refractivity contribution in [3.8, 4) is 0 Å². The molecule has 2 unspecified atom stereocenters. The van der Waals surface area contributed by atoms with E-state index in [4.69, 9.17) is 15.9 Å². The van der Waals surface area contributed by atoms with Crippen molar-refractivity contribution in [1.29, 1.82) is 0 Å². The van der Waals surface area contributed by atoms with Gasteiger partial charge in [0.1, 0.15) is 13.0 Å².